The molecule has 0 radical (unpaired) electrons. The largest absolute Gasteiger partial charge is 0.369 e. The zero-order chi connectivity index (χ0) is 102. The highest BCUT2D eigenvalue weighted by atomic mass is 15.4. The van der Waals surface area contributed by atoms with E-state index in [1.54, 1.807) is 19.0 Å². The maximum Gasteiger partial charge on any atom is 0.138 e. The molecule has 740 valence electrons. The van der Waals surface area contributed by atoms with Crippen molar-refractivity contribution in [3.63, 3.8) is 0 Å². The van der Waals surface area contributed by atoms with E-state index in [4.69, 9.17) is 0 Å². The molecule has 0 bridgehead atoms. The third kappa shape index (κ3) is 28.9. The molecule has 0 atom stereocenters. The van der Waals surface area contributed by atoms with Crippen LogP contribution in [0.25, 0.3) is 0 Å². The highest BCUT2D eigenvalue weighted by Gasteiger charge is 2.48. The number of nitrogens with zero attached hydrogens (tertiary/aromatic N) is 15. The third-order valence-corrected chi connectivity index (χ3v) is 30.2. The van der Waals surface area contributed by atoms with Gasteiger partial charge in [-0.05, 0) is 159 Å². The molecule has 0 amide bonds. The zero-order valence-corrected chi connectivity index (χ0v) is 96.3. The molecule has 19 heteroatoms. The number of allylic oxidation sites excluding steroid dienone is 4. The number of aromatic nitrogens is 15. The van der Waals surface area contributed by atoms with E-state index in [9.17, 15) is 0 Å². The van der Waals surface area contributed by atoms with Crippen molar-refractivity contribution in [2.75, 3.05) is 13.3 Å². The van der Waals surface area contributed by atoms with Crippen molar-refractivity contribution < 1.29 is 0 Å². The van der Waals surface area contributed by atoms with Gasteiger partial charge in [0.15, 0.2) is 0 Å². The monoisotopic (exact) mass is 1780 g/mol. The molecule has 0 fully saturated rings. The van der Waals surface area contributed by atoms with E-state index < -0.39 is 0 Å². The maximum atomic E-state index is 4.54. The molecular formula is C109H209N19. The van der Waals surface area contributed by atoms with Crippen molar-refractivity contribution in [3.05, 3.63) is 113 Å². The summed E-state index contributed by atoms with van der Waals surface area (Å²) >= 11 is 0. The summed E-state index contributed by atoms with van der Waals surface area (Å²) in [7, 11) is 0. The highest BCUT2D eigenvalue weighted by Crippen LogP contribution is 2.51. The number of imidazole rings is 1. The Balaban J connectivity index is 0.000000731. The van der Waals surface area contributed by atoms with E-state index in [1.807, 2.05) is 28.0 Å². The fraction of sp³-hybridized carbons (Fsp3) is 0.826. The Kier molecular flexibility index (Phi) is 36.8. The van der Waals surface area contributed by atoms with Gasteiger partial charge in [-0.3, -0.25) is 9.36 Å². The number of nitrogens with one attached hydrogen (secondary N) is 4. The van der Waals surface area contributed by atoms with Gasteiger partial charge in [0, 0.05) is 119 Å². The Bertz CT molecular complexity index is 3840. The molecule has 2 aliphatic rings. The van der Waals surface area contributed by atoms with Crippen LogP contribution in [-0.4, -0.2) is 86.7 Å². The van der Waals surface area contributed by atoms with E-state index in [0.29, 0.717) is 0 Å². The van der Waals surface area contributed by atoms with Gasteiger partial charge in [-0.25, -0.2) is 34.0 Å². The second kappa shape index (κ2) is 39.3. The van der Waals surface area contributed by atoms with E-state index >= 15 is 0 Å². The molecule has 19 nitrogen and oxygen atoms in total. The van der Waals surface area contributed by atoms with Gasteiger partial charge in [-0.15, -0.1) is 0 Å². The smallest absolute Gasteiger partial charge is 0.138 e. The topological polar surface area (TPSA) is 194 Å². The van der Waals surface area contributed by atoms with Crippen LogP contribution in [0, 0.1) is 65.0 Å². The van der Waals surface area contributed by atoms with Crippen molar-refractivity contribution in [1.29, 1.82) is 0 Å². The average Bonchev–Trinajstić information content (AvgIpc) is 1.60. The summed E-state index contributed by atoms with van der Waals surface area (Å²) < 4.78 is 12.8. The van der Waals surface area contributed by atoms with Crippen LogP contribution in [0.5, 0.6) is 0 Å². The summed E-state index contributed by atoms with van der Waals surface area (Å²) in [6.45, 7) is 146. The van der Waals surface area contributed by atoms with Crippen molar-refractivity contribution in [2.45, 2.75) is 509 Å². The lowest BCUT2D eigenvalue weighted by Gasteiger charge is -2.42. The molecule has 2 aliphatic heterocycles. The van der Waals surface area contributed by atoms with Crippen LogP contribution < -0.4 is 21.3 Å². The second-order valence-corrected chi connectivity index (χ2v) is 57.5. The SMILES string of the molecule is CC(C)(C)C1=C(C(C)(C)C(C)(C)C)NCN1.CC(C)(C)C1=C(C(C)(C)C(C)(C)C)NCN1.CC(C)(C)c1ccnn1C(C)(C)C(C)(C)C.CC(C)(C)c1nccn1C(C)(C)C(C)(C)C.CC(C)(C)c1ncnn1C(C)(C)C(C)(C)C.CC(C)(C)n1nccc1C(C)(C)C(C)(C)C.CC(C)(C)n1ncnc1C(C)(C)C(C)(C)C.CC(C)(C)n1ncnc1C(C)(C)C(C)(C)C. The van der Waals surface area contributed by atoms with Crippen LogP contribution in [0.3, 0.4) is 0 Å². The Morgan fingerprint density at radius 2 is 0.477 bits per heavy atom. The van der Waals surface area contributed by atoms with Crippen LogP contribution >= 0.6 is 0 Å². The predicted molar refractivity (Wildman–Crippen MR) is 553 cm³/mol. The molecule has 128 heavy (non-hydrogen) atoms. The lowest BCUT2D eigenvalue weighted by molar-refractivity contribution is 0.115. The Morgan fingerprint density at radius 3 is 0.742 bits per heavy atom. The van der Waals surface area contributed by atoms with Crippen molar-refractivity contribution >= 4 is 0 Å². The molecule has 6 aromatic heterocycles. The predicted octanol–water partition coefficient (Wildman–Crippen LogP) is 28.9. The van der Waals surface area contributed by atoms with Crippen LogP contribution in [0.4, 0.5) is 0 Å². The Morgan fingerprint density at radius 1 is 0.211 bits per heavy atom. The van der Waals surface area contributed by atoms with Crippen LogP contribution in [0.15, 0.2) is 78.7 Å². The molecule has 0 spiro atoms. The van der Waals surface area contributed by atoms with Gasteiger partial charge in [-0.2, -0.15) is 25.5 Å². The van der Waals surface area contributed by atoms with Crippen LogP contribution in [0.1, 0.15) is 478 Å². The van der Waals surface area contributed by atoms with Gasteiger partial charge >= 0.3 is 0 Å². The zero-order valence-electron chi connectivity index (χ0n) is 96.3. The van der Waals surface area contributed by atoms with Gasteiger partial charge in [0.2, 0.25) is 0 Å². The fourth-order valence-corrected chi connectivity index (χ4v) is 13.4. The number of rotatable bonds is 8. The quantitative estimate of drug-likeness (QED) is 0.113. The van der Waals surface area contributed by atoms with E-state index in [1.165, 1.54) is 34.2 Å². The van der Waals surface area contributed by atoms with E-state index in [-0.39, 0.29) is 131 Å². The van der Waals surface area contributed by atoms with Crippen molar-refractivity contribution in [2.24, 2.45) is 65.0 Å². The summed E-state index contributed by atoms with van der Waals surface area (Å²) in [5.74, 6) is 4.33. The fourth-order valence-electron chi connectivity index (χ4n) is 13.4. The summed E-state index contributed by atoms with van der Waals surface area (Å²) in [4.78, 5) is 17.9. The van der Waals surface area contributed by atoms with Gasteiger partial charge in [0.1, 0.15) is 42.3 Å². The highest BCUT2D eigenvalue weighted by molar-refractivity contribution is 5.30. The van der Waals surface area contributed by atoms with Gasteiger partial charge in [-0.1, -0.05) is 339 Å². The first-order chi connectivity index (χ1) is 55.8. The third-order valence-electron chi connectivity index (χ3n) is 30.2. The summed E-state index contributed by atoms with van der Waals surface area (Å²) in [5.41, 5.74) is 10.7. The molecule has 0 aliphatic carbocycles. The first-order valence-electron chi connectivity index (χ1n) is 48.2. The molecule has 6 aromatic rings. The van der Waals surface area contributed by atoms with Crippen LogP contribution in [-0.2, 0) is 65.7 Å². The minimum absolute atomic E-state index is 0.00319. The number of hydrogen-bond acceptors (Lipinski definition) is 13. The lowest BCUT2D eigenvalue weighted by atomic mass is 9.66. The first kappa shape index (κ1) is 120. The molecular weight excluding hydrogens is 1580 g/mol. The summed E-state index contributed by atoms with van der Waals surface area (Å²) in [6.07, 6.45) is 12.8. The van der Waals surface area contributed by atoms with Gasteiger partial charge in [0.25, 0.3) is 0 Å². The summed E-state index contributed by atoms with van der Waals surface area (Å²) in [5, 5.41) is 36.2. The molecule has 0 unspecified atom stereocenters. The number of hydrogen-bond donors (Lipinski definition) is 4. The minimum Gasteiger partial charge on any atom is -0.369 e. The average molecular weight is 1790 g/mol. The van der Waals surface area contributed by atoms with Crippen molar-refractivity contribution in [1.82, 2.24) is 94.7 Å². The molecule has 8 heterocycles. The maximum absolute atomic E-state index is 4.54. The first-order valence-corrected chi connectivity index (χ1v) is 48.2. The minimum atomic E-state index is -0.0495. The molecule has 0 saturated heterocycles. The van der Waals surface area contributed by atoms with E-state index in [2.05, 4.69) is 547 Å². The van der Waals surface area contributed by atoms with Crippen molar-refractivity contribution in [3.8, 4) is 0 Å². The van der Waals surface area contributed by atoms with E-state index in [0.717, 1.165) is 36.6 Å². The molecule has 0 saturated carbocycles. The Labute approximate surface area is 790 Å². The summed E-state index contributed by atoms with van der Waals surface area (Å²) in [6, 6.07) is 4.28. The normalized spacial score (nSPS) is 15.3. The van der Waals surface area contributed by atoms with Gasteiger partial charge < -0.3 is 25.8 Å². The molecule has 8 rings (SSSR count). The molecule has 4 N–H and O–H groups in total. The van der Waals surface area contributed by atoms with Gasteiger partial charge in [0.05, 0.1) is 41.0 Å². The molecule has 0 aromatic carbocycles. The Hall–Kier alpha value is -6.27. The lowest BCUT2D eigenvalue weighted by Crippen LogP contribution is -2.43. The standard InChI is InChI=1S/2C14H28N2.3C14H26N2.3C13H25N3/c2*1-12(2,3)10-11(16-9-15-10)14(7,8)13(4,5)6;1-12(2,3)11-15-9-10-16(11)14(7,8)13(4,5)6;1-12(2,3)14(7,8)11-9-10-15-16(11)13(4,5)6;1-12(2,3)11-9-10-15-16(11)14(7,8)13(4,5)6;2*1-11(2,3)13(7,8)10-14-9-15-16(10)12(4,5)6;1-11(2,3)10-14-9-15-16(10)13(7,8)12(4,5)6/h2*15-16H,9H2,1-8H3;3*9-10H,1-8H3;3*9H,1-8H3. The van der Waals surface area contributed by atoms with Crippen LogP contribution in [0.2, 0.25) is 0 Å². The second-order valence-electron chi connectivity index (χ2n) is 57.5.